The SMILES string of the molecule is CCOc1ccc(NC(=O)c2cc3c(s2)CCCC3)cc1OCC. The number of ether oxygens (including phenoxy) is 2. The zero-order valence-electron chi connectivity index (χ0n) is 14.2. The molecule has 0 bridgehead atoms. The number of rotatable bonds is 6. The third-order valence-corrected chi connectivity index (χ3v) is 5.26. The third kappa shape index (κ3) is 3.73. The first-order valence-corrected chi connectivity index (χ1v) is 9.35. The molecule has 1 heterocycles. The van der Waals surface area contributed by atoms with Crippen molar-refractivity contribution in [1.82, 2.24) is 0 Å². The van der Waals surface area contributed by atoms with Crippen molar-refractivity contribution in [3.63, 3.8) is 0 Å². The van der Waals surface area contributed by atoms with Crippen LogP contribution in [0, 0.1) is 0 Å². The van der Waals surface area contributed by atoms with Gasteiger partial charge in [-0.3, -0.25) is 4.79 Å². The molecule has 1 N–H and O–H groups in total. The van der Waals surface area contributed by atoms with Crippen molar-refractivity contribution in [2.75, 3.05) is 18.5 Å². The van der Waals surface area contributed by atoms with Gasteiger partial charge in [-0.05, 0) is 63.3 Å². The van der Waals surface area contributed by atoms with Crippen LogP contribution >= 0.6 is 11.3 Å². The summed E-state index contributed by atoms with van der Waals surface area (Å²) >= 11 is 1.62. The minimum absolute atomic E-state index is 0.0546. The Balaban J connectivity index is 1.76. The third-order valence-electron chi connectivity index (χ3n) is 4.02. The Labute approximate surface area is 146 Å². The minimum Gasteiger partial charge on any atom is -0.490 e. The molecule has 0 saturated heterocycles. The van der Waals surface area contributed by atoms with Gasteiger partial charge in [0.2, 0.25) is 0 Å². The van der Waals surface area contributed by atoms with Crippen molar-refractivity contribution in [1.29, 1.82) is 0 Å². The van der Waals surface area contributed by atoms with Crippen LogP contribution in [0.15, 0.2) is 24.3 Å². The fourth-order valence-corrected chi connectivity index (χ4v) is 4.07. The quantitative estimate of drug-likeness (QED) is 0.827. The Morgan fingerprint density at radius 1 is 1.08 bits per heavy atom. The van der Waals surface area contributed by atoms with Gasteiger partial charge in [0.15, 0.2) is 11.5 Å². The van der Waals surface area contributed by atoms with Gasteiger partial charge in [-0.25, -0.2) is 0 Å². The fourth-order valence-electron chi connectivity index (χ4n) is 2.92. The van der Waals surface area contributed by atoms with Crippen LogP contribution in [0.4, 0.5) is 5.69 Å². The summed E-state index contributed by atoms with van der Waals surface area (Å²) in [6, 6.07) is 7.55. The molecule has 0 unspecified atom stereocenters. The summed E-state index contributed by atoms with van der Waals surface area (Å²) < 4.78 is 11.2. The van der Waals surface area contributed by atoms with E-state index >= 15 is 0 Å². The Bertz CT molecular complexity index is 700. The summed E-state index contributed by atoms with van der Waals surface area (Å²) in [7, 11) is 0. The van der Waals surface area contributed by atoms with E-state index in [9.17, 15) is 4.79 Å². The van der Waals surface area contributed by atoms with Gasteiger partial charge < -0.3 is 14.8 Å². The molecule has 24 heavy (non-hydrogen) atoms. The molecule has 1 aromatic carbocycles. The van der Waals surface area contributed by atoms with Gasteiger partial charge in [0.25, 0.3) is 5.91 Å². The van der Waals surface area contributed by atoms with E-state index in [2.05, 4.69) is 5.32 Å². The molecule has 0 aliphatic heterocycles. The van der Waals surface area contributed by atoms with Crippen LogP contribution in [0.1, 0.15) is 46.8 Å². The molecule has 3 rings (SSSR count). The van der Waals surface area contributed by atoms with Crippen LogP contribution in [-0.2, 0) is 12.8 Å². The first-order valence-electron chi connectivity index (χ1n) is 8.53. The second-order valence-electron chi connectivity index (χ2n) is 5.75. The molecular formula is C19H23NO3S. The summed E-state index contributed by atoms with van der Waals surface area (Å²) in [6.07, 6.45) is 4.65. The van der Waals surface area contributed by atoms with E-state index in [0.29, 0.717) is 24.7 Å². The first-order chi connectivity index (χ1) is 11.7. The van der Waals surface area contributed by atoms with Crippen LogP contribution in [-0.4, -0.2) is 19.1 Å². The molecule has 5 heteroatoms. The summed E-state index contributed by atoms with van der Waals surface area (Å²) in [4.78, 5) is 14.7. The van der Waals surface area contributed by atoms with Gasteiger partial charge in [-0.1, -0.05) is 0 Å². The number of anilines is 1. The number of benzene rings is 1. The van der Waals surface area contributed by atoms with Gasteiger partial charge in [-0.2, -0.15) is 0 Å². The molecule has 1 aromatic heterocycles. The number of fused-ring (bicyclic) bond motifs is 1. The molecule has 0 fully saturated rings. The molecule has 4 nitrogen and oxygen atoms in total. The maximum absolute atomic E-state index is 12.5. The van der Waals surface area contributed by atoms with Crippen LogP contribution in [0.25, 0.3) is 0 Å². The molecule has 128 valence electrons. The second kappa shape index (κ2) is 7.71. The van der Waals surface area contributed by atoms with Crippen LogP contribution < -0.4 is 14.8 Å². The molecule has 0 radical (unpaired) electrons. The molecule has 0 saturated carbocycles. The van der Waals surface area contributed by atoms with E-state index in [1.165, 1.54) is 23.3 Å². The average molecular weight is 345 g/mol. The zero-order chi connectivity index (χ0) is 16.9. The van der Waals surface area contributed by atoms with E-state index < -0.39 is 0 Å². The van der Waals surface area contributed by atoms with Crippen molar-refractivity contribution in [2.24, 2.45) is 0 Å². The lowest BCUT2D eigenvalue weighted by Gasteiger charge is -2.12. The van der Waals surface area contributed by atoms with Crippen molar-refractivity contribution in [3.8, 4) is 11.5 Å². The van der Waals surface area contributed by atoms with Gasteiger partial charge in [0.05, 0.1) is 18.1 Å². The summed E-state index contributed by atoms with van der Waals surface area (Å²) in [6.45, 7) is 4.99. The minimum atomic E-state index is -0.0546. The number of thiophene rings is 1. The lowest BCUT2D eigenvalue weighted by atomic mass is 9.99. The number of carbonyl (C=O) groups excluding carboxylic acids is 1. The van der Waals surface area contributed by atoms with Crippen molar-refractivity contribution in [2.45, 2.75) is 39.5 Å². The number of aryl methyl sites for hydroxylation is 2. The Hall–Kier alpha value is -2.01. The van der Waals surface area contributed by atoms with Gasteiger partial charge in [-0.15, -0.1) is 11.3 Å². The van der Waals surface area contributed by atoms with Crippen molar-refractivity contribution in [3.05, 3.63) is 39.6 Å². The highest BCUT2D eigenvalue weighted by atomic mass is 32.1. The second-order valence-corrected chi connectivity index (χ2v) is 6.88. The Morgan fingerprint density at radius 3 is 2.58 bits per heavy atom. The van der Waals surface area contributed by atoms with Gasteiger partial charge in [0, 0.05) is 16.6 Å². The Kier molecular flexibility index (Phi) is 5.41. The number of hydrogen-bond acceptors (Lipinski definition) is 4. The topological polar surface area (TPSA) is 47.6 Å². The highest BCUT2D eigenvalue weighted by molar-refractivity contribution is 7.14. The van der Waals surface area contributed by atoms with E-state index in [0.717, 1.165) is 23.4 Å². The smallest absolute Gasteiger partial charge is 0.265 e. The van der Waals surface area contributed by atoms with E-state index in [1.54, 1.807) is 11.3 Å². The maximum atomic E-state index is 12.5. The zero-order valence-corrected chi connectivity index (χ0v) is 15.0. The predicted molar refractivity (Wildman–Crippen MR) is 97.7 cm³/mol. The highest BCUT2D eigenvalue weighted by Gasteiger charge is 2.17. The van der Waals surface area contributed by atoms with Crippen molar-refractivity contribution >= 4 is 22.9 Å². The normalized spacial score (nSPS) is 13.2. The van der Waals surface area contributed by atoms with Gasteiger partial charge in [0.1, 0.15) is 0 Å². The van der Waals surface area contributed by atoms with E-state index in [-0.39, 0.29) is 5.91 Å². The van der Waals surface area contributed by atoms with Crippen LogP contribution in [0.3, 0.4) is 0 Å². The monoisotopic (exact) mass is 345 g/mol. The lowest BCUT2D eigenvalue weighted by Crippen LogP contribution is -2.10. The Morgan fingerprint density at radius 2 is 1.83 bits per heavy atom. The highest BCUT2D eigenvalue weighted by Crippen LogP contribution is 2.32. The molecular weight excluding hydrogens is 322 g/mol. The molecule has 1 aliphatic carbocycles. The van der Waals surface area contributed by atoms with Crippen molar-refractivity contribution < 1.29 is 14.3 Å². The summed E-state index contributed by atoms with van der Waals surface area (Å²) in [5, 5.41) is 2.97. The number of carbonyl (C=O) groups is 1. The number of amides is 1. The van der Waals surface area contributed by atoms with Crippen LogP contribution in [0.2, 0.25) is 0 Å². The number of hydrogen-bond donors (Lipinski definition) is 1. The van der Waals surface area contributed by atoms with E-state index in [1.807, 2.05) is 38.1 Å². The maximum Gasteiger partial charge on any atom is 0.265 e. The molecule has 1 amide bonds. The fraction of sp³-hybridized carbons (Fsp3) is 0.421. The summed E-state index contributed by atoms with van der Waals surface area (Å²) in [5.74, 6) is 1.30. The first kappa shape index (κ1) is 16.8. The molecule has 0 spiro atoms. The largest absolute Gasteiger partial charge is 0.490 e. The predicted octanol–water partition coefficient (Wildman–Crippen LogP) is 4.68. The number of nitrogens with one attached hydrogen (secondary N) is 1. The average Bonchev–Trinajstić information content (AvgIpc) is 3.02. The van der Waals surface area contributed by atoms with Gasteiger partial charge >= 0.3 is 0 Å². The van der Waals surface area contributed by atoms with E-state index in [4.69, 9.17) is 9.47 Å². The van der Waals surface area contributed by atoms with Crippen LogP contribution in [0.5, 0.6) is 11.5 Å². The lowest BCUT2D eigenvalue weighted by molar-refractivity contribution is 0.103. The summed E-state index contributed by atoms with van der Waals surface area (Å²) in [5.41, 5.74) is 2.07. The molecule has 1 aliphatic rings. The standard InChI is InChI=1S/C19H23NO3S/c1-3-22-15-10-9-14(12-16(15)23-4-2)20-19(21)18-11-13-7-5-6-8-17(13)24-18/h9-12H,3-8H2,1-2H3,(H,20,21). The molecule has 0 atom stereocenters. The molecule has 2 aromatic rings.